The molecule has 1 N–H and O–H groups in total. The first-order chi connectivity index (χ1) is 9.46. The van der Waals surface area contributed by atoms with Crippen molar-refractivity contribution in [3.05, 3.63) is 23.8 Å². The lowest BCUT2D eigenvalue weighted by molar-refractivity contribution is 0.0501. The van der Waals surface area contributed by atoms with Crippen molar-refractivity contribution >= 4 is 0 Å². The molecule has 1 aromatic carbocycles. The van der Waals surface area contributed by atoms with E-state index in [4.69, 9.17) is 14.2 Å². The van der Waals surface area contributed by atoms with Crippen molar-refractivity contribution in [2.24, 2.45) is 0 Å². The van der Waals surface area contributed by atoms with Crippen molar-refractivity contribution in [2.45, 2.75) is 46.2 Å². The summed E-state index contributed by atoms with van der Waals surface area (Å²) in [5.41, 5.74) is 1.16. The molecule has 0 aliphatic heterocycles. The molecule has 4 nitrogen and oxygen atoms in total. The fraction of sp³-hybridized carbons (Fsp3) is 0.625. The van der Waals surface area contributed by atoms with Gasteiger partial charge < -0.3 is 19.5 Å². The van der Waals surface area contributed by atoms with Crippen LogP contribution >= 0.6 is 0 Å². The van der Waals surface area contributed by atoms with Gasteiger partial charge in [0.2, 0.25) is 0 Å². The standard InChI is InChI=1S/C16H27NO3/c1-6-9-19-14-8-7-13(11-17-16(2,3)4)15(10-14)20-12-18-5/h7-8,10,17H,6,9,11-12H2,1-5H3. The van der Waals surface area contributed by atoms with Crippen LogP contribution in [0.3, 0.4) is 0 Å². The summed E-state index contributed by atoms with van der Waals surface area (Å²) < 4.78 is 16.2. The van der Waals surface area contributed by atoms with Gasteiger partial charge in [0.05, 0.1) is 6.61 Å². The van der Waals surface area contributed by atoms with E-state index in [0.29, 0.717) is 6.61 Å². The van der Waals surface area contributed by atoms with E-state index in [1.807, 2.05) is 18.2 Å². The van der Waals surface area contributed by atoms with Crippen LogP contribution < -0.4 is 14.8 Å². The van der Waals surface area contributed by atoms with E-state index in [1.54, 1.807) is 7.11 Å². The summed E-state index contributed by atoms with van der Waals surface area (Å²) >= 11 is 0. The first-order valence-corrected chi connectivity index (χ1v) is 7.08. The van der Waals surface area contributed by atoms with Crippen molar-refractivity contribution < 1.29 is 14.2 Å². The SMILES string of the molecule is CCCOc1ccc(CNC(C)(C)C)c(OCOC)c1. The minimum atomic E-state index is 0.0654. The van der Waals surface area contributed by atoms with Crippen molar-refractivity contribution in [1.29, 1.82) is 0 Å². The maximum atomic E-state index is 5.63. The first kappa shape index (κ1) is 16.8. The Morgan fingerprint density at radius 2 is 1.90 bits per heavy atom. The van der Waals surface area contributed by atoms with Crippen LogP contribution in [0.25, 0.3) is 0 Å². The summed E-state index contributed by atoms with van der Waals surface area (Å²) in [4.78, 5) is 0. The Morgan fingerprint density at radius 1 is 1.15 bits per heavy atom. The first-order valence-electron chi connectivity index (χ1n) is 7.08. The lowest BCUT2D eigenvalue weighted by Gasteiger charge is -2.22. The van der Waals surface area contributed by atoms with Crippen LogP contribution in [0.2, 0.25) is 0 Å². The maximum Gasteiger partial charge on any atom is 0.188 e. The molecule has 20 heavy (non-hydrogen) atoms. The number of hydrogen-bond acceptors (Lipinski definition) is 4. The Hall–Kier alpha value is -1.26. The van der Waals surface area contributed by atoms with Crippen LogP contribution in [0.5, 0.6) is 11.5 Å². The summed E-state index contributed by atoms with van der Waals surface area (Å²) in [6, 6.07) is 5.94. The molecular formula is C16H27NO3. The number of ether oxygens (including phenoxy) is 3. The Kier molecular flexibility index (Phi) is 6.82. The largest absolute Gasteiger partial charge is 0.493 e. The molecule has 0 fully saturated rings. The molecule has 0 amide bonds. The van der Waals surface area contributed by atoms with Gasteiger partial charge in [-0.1, -0.05) is 13.0 Å². The highest BCUT2D eigenvalue weighted by Gasteiger charge is 2.12. The third kappa shape index (κ3) is 6.26. The summed E-state index contributed by atoms with van der Waals surface area (Å²) in [5, 5.41) is 3.46. The number of hydrogen-bond donors (Lipinski definition) is 1. The van der Waals surface area contributed by atoms with Crippen LogP contribution in [-0.2, 0) is 11.3 Å². The predicted molar refractivity (Wildman–Crippen MR) is 81.3 cm³/mol. The molecule has 0 unspecified atom stereocenters. The lowest BCUT2D eigenvalue weighted by Crippen LogP contribution is -2.35. The van der Waals surface area contributed by atoms with E-state index in [9.17, 15) is 0 Å². The Balaban J connectivity index is 2.79. The maximum absolute atomic E-state index is 5.63. The molecule has 0 bridgehead atoms. The minimum Gasteiger partial charge on any atom is -0.493 e. The topological polar surface area (TPSA) is 39.7 Å². The molecule has 0 radical (unpaired) electrons. The van der Waals surface area contributed by atoms with Gasteiger partial charge in [0.15, 0.2) is 6.79 Å². The summed E-state index contributed by atoms with van der Waals surface area (Å²) in [5.74, 6) is 1.63. The van der Waals surface area contributed by atoms with Gasteiger partial charge in [-0.3, -0.25) is 0 Å². The van der Waals surface area contributed by atoms with Gasteiger partial charge in [0.1, 0.15) is 11.5 Å². The van der Waals surface area contributed by atoms with Crippen molar-refractivity contribution in [2.75, 3.05) is 20.5 Å². The van der Waals surface area contributed by atoms with Gasteiger partial charge in [0, 0.05) is 30.8 Å². The summed E-state index contributed by atoms with van der Waals surface area (Å²) in [6.45, 7) is 10.2. The van der Waals surface area contributed by atoms with E-state index in [0.717, 1.165) is 30.0 Å². The number of benzene rings is 1. The molecular weight excluding hydrogens is 254 g/mol. The molecule has 1 rings (SSSR count). The van der Waals surface area contributed by atoms with Crippen LogP contribution in [0, 0.1) is 0 Å². The van der Waals surface area contributed by atoms with Gasteiger partial charge in [-0.05, 0) is 33.3 Å². The molecule has 0 aromatic heterocycles. The van der Waals surface area contributed by atoms with E-state index in [2.05, 4.69) is 33.0 Å². The van der Waals surface area contributed by atoms with Crippen molar-refractivity contribution in [1.82, 2.24) is 5.32 Å². The van der Waals surface area contributed by atoms with E-state index < -0.39 is 0 Å². The molecule has 0 heterocycles. The van der Waals surface area contributed by atoms with Crippen LogP contribution in [0.1, 0.15) is 39.7 Å². The molecule has 0 aliphatic rings. The second kappa shape index (κ2) is 8.12. The minimum absolute atomic E-state index is 0.0654. The number of methoxy groups -OCH3 is 1. The summed E-state index contributed by atoms with van der Waals surface area (Å²) in [7, 11) is 1.62. The zero-order valence-corrected chi connectivity index (χ0v) is 13.3. The molecule has 4 heteroatoms. The molecule has 0 atom stereocenters. The van der Waals surface area contributed by atoms with Crippen LogP contribution in [-0.4, -0.2) is 26.0 Å². The fourth-order valence-corrected chi connectivity index (χ4v) is 1.61. The number of rotatable bonds is 8. The molecule has 0 spiro atoms. The lowest BCUT2D eigenvalue weighted by atomic mass is 10.1. The van der Waals surface area contributed by atoms with Gasteiger partial charge in [-0.15, -0.1) is 0 Å². The van der Waals surface area contributed by atoms with Gasteiger partial charge in [0.25, 0.3) is 0 Å². The van der Waals surface area contributed by atoms with Gasteiger partial charge in [-0.25, -0.2) is 0 Å². The highest BCUT2D eigenvalue weighted by atomic mass is 16.7. The third-order valence-corrected chi connectivity index (χ3v) is 2.65. The molecule has 114 valence electrons. The highest BCUT2D eigenvalue weighted by molar-refractivity contribution is 5.40. The smallest absolute Gasteiger partial charge is 0.188 e. The van der Waals surface area contributed by atoms with E-state index >= 15 is 0 Å². The second-order valence-electron chi connectivity index (χ2n) is 5.77. The highest BCUT2D eigenvalue weighted by Crippen LogP contribution is 2.25. The van der Waals surface area contributed by atoms with Gasteiger partial charge in [-0.2, -0.15) is 0 Å². The average molecular weight is 281 g/mol. The molecule has 0 aliphatic carbocycles. The van der Waals surface area contributed by atoms with Crippen molar-refractivity contribution in [3.63, 3.8) is 0 Å². The zero-order valence-electron chi connectivity index (χ0n) is 13.3. The monoisotopic (exact) mass is 281 g/mol. The Morgan fingerprint density at radius 3 is 2.50 bits per heavy atom. The number of nitrogens with one attached hydrogen (secondary N) is 1. The van der Waals surface area contributed by atoms with Crippen molar-refractivity contribution in [3.8, 4) is 11.5 Å². The van der Waals surface area contributed by atoms with Crippen LogP contribution in [0.4, 0.5) is 0 Å². The Bertz CT molecular complexity index is 399. The Labute approximate surface area is 122 Å². The van der Waals surface area contributed by atoms with Crippen LogP contribution in [0.15, 0.2) is 18.2 Å². The normalized spacial score (nSPS) is 11.4. The zero-order chi connectivity index (χ0) is 15.0. The average Bonchev–Trinajstić information content (AvgIpc) is 2.40. The summed E-state index contributed by atoms with van der Waals surface area (Å²) in [6.07, 6.45) is 0.988. The van der Waals surface area contributed by atoms with E-state index in [1.165, 1.54) is 0 Å². The molecule has 1 aromatic rings. The third-order valence-electron chi connectivity index (χ3n) is 2.65. The van der Waals surface area contributed by atoms with Gasteiger partial charge >= 0.3 is 0 Å². The second-order valence-corrected chi connectivity index (χ2v) is 5.77. The fourth-order valence-electron chi connectivity index (χ4n) is 1.61. The molecule has 0 saturated heterocycles. The van der Waals surface area contributed by atoms with E-state index in [-0.39, 0.29) is 12.3 Å². The quantitative estimate of drug-likeness (QED) is 0.742. The molecule has 0 saturated carbocycles. The predicted octanol–water partition coefficient (Wildman–Crippen LogP) is 3.35.